The van der Waals surface area contributed by atoms with Gasteiger partial charge in [-0.3, -0.25) is 4.79 Å². The van der Waals surface area contributed by atoms with Gasteiger partial charge in [0.2, 0.25) is 0 Å². The van der Waals surface area contributed by atoms with Crippen LogP contribution < -0.4 is 10.6 Å². The predicted molar refractivity (Wildman–Crippen MR) is 77.0 cm³/mol. The first-order chi connectivity index (χ1) is 9.75. The maximum atomic E-state index is 12.2. The fourth-order valence-electron chi connectivity index (χ4n) is 2.80. The zero-order valence-corrected chi connectivity index (χ0v) is 10.6. The van der Waals surface area contributed by atoms with Crippen LogP contribution >= 0.6 is 0 Å². The van der Waals surface area contributed by atoms with Crippen molar-refractivity contribution in [3.63, 3.8) is 0 Å². The van der Waals surface area contributed by atoms with Gasteiger partial charge >= 0.3 is 0 Å². The predicted octanol–water partition coefficient (Wildman–Crippen LogP) is 2.51. The molecule has 3 N–H and O–H groups in total. The standard InChI is InChI=1S/C16H12N2O2/c19-15-10-6-2-4-8-12(10)17-14(15)13-9-5-1-3-7-11(9)18-16(13)20/h1-8,15,17,19H,(H,18,20)/b14-13+. The summed E-state index contributed by atoms with van der Waals surface area (Å²) in [6, 6.07) is 15.0. The minimum absolute atomic E-state index is 0.180. The van der Waals surface area contributed by atoms with E-state index in [1.807, 2.05) is 48.5 Å². The summed E-state index contributed by atoms with van der Waals surface area (Å²) in [6.07, 6.45) is -0.793. The van der Waals surface area contributed by atoms with Crippen molar-refractivity contribution in [3.05, 3.63) is 65.4 Å². The van der Waals surface area contributed by atoms with E-state index in [4.69, 9.17) is 0 Å². The van der Waals surface area contributed by atoms with Gasteiger partial charge in [-0.15, -0.1) is 0 Å². The van der Waals surface area contributed by atoms with Gasteiger partial charge in [-0.25, -0.2) is 0 Å². The Labute approximate surface area is 115 Å². The molecule has 4 rings (SSSR count). The third kappa shape index (κ3) is 1.42. The molecule has 0 saturated heterocycles. The molecule has 1 amide bonds. The van der Waals surface area contributed by atoms with Crippen molar-refractivity contribution in [2.45, 2.75) is 6.10 Å². The van der Waals surface area contributed by atoms with E-state index in [2.05, 4.69) is 10.6 Å². The molecule has 0 saturated carbocycles. The average Bonchev–Trinajstić information content (AvgIpc) is 2.96. The third-order valence-electron chi connectivity index (χ3n) is 3.74. The number of hydrogen-bond acceptors (Lipinski definition) is 3. The van der Waals surface area contributed by atoms with E-state index in [0.717, 1.165) is 22.5 Å². The fraction of sp³-hybridized carbons (Fsp3) is 0.0625. The summed E-state index contributed by atoms with van der Waals surface area (Å²) in [6.45, 7) is 0. The highest BCUT2D eigenvalue weighted by atomic mass is 16.3. The molecular weight excluding hydrogens is 252 g/mol. The van der Waals surface area contributed by atoms with Gasteiger partial charge < -0.3 is 15.7 Å². The van der Waals surface area contributed by atoms with E-state index >= 15 is 0 Å². The summed E-state index contributed by atoms with van der Waals surface area (Å²) in [7, 11) is 0. The third-order valence-corrected chi connectivity index (χ3v) is 3.74. The van der Waals surface area contributed by atoms with Crippen molar-refractivity contribution in [1.82, 2.24) is 0 Å². The molecule has 0 aromatic heterocycles. The van der Waals surface area contributed by atoms with Gasteiger partial charge in [0.05, 0.1) is 11.3 Å². The molecule has 2 aliphatic rings. The minimum atomic E-state index is -0.793. The summed E-state index contributed by atoms with van der Waals surface area (Å²) < 4.78 is 0. The molecule has 2 aromatic carbocycles. The average molecular weight is 264 g/mol. The smallest absolute Gasteiger partial charge is 0.258 e. The Hall–Kier alpha value is -2.59. The molecule has 4 nitrogen and oxygen atoms in total. The van der Waals surface area contributed by atoms with Crippen LogP contribution in [0.3, 0.4) is 0 Å². The maximum Gasteiger partial charge on any atom is 0.258 e. The number of benzene rings is 2. The summed E-state index contributed by atoms with van der Waals surface area (Å²) in [4.78, 5) is 12.2. The van der Waals surface area contributed by atoms with Gasteiger partial charge in [-0.2, -0.15) is 0 Å². The molecular formula is C16H12N2O2. The molecule has 2 aromatic rings. The van der Waals surface area contributed by atoms with E-state index in [1.165, 1.54) is 0 Å². The van der Waals surface area contributed by atoms with Crippen LogP contribution in [0.4, 0.5) is 11.4 Å². The molecule has 2 aliphatic heterocycles. The first kappa shape index (κ1) is 11.3. The minimum Gasteiger partial charge on any atom is -0.382 e. The van der Waals surface area contributed by atoms with Crippen molar-refractivity contribution >= 4 is 22.9 Å². The first-order valence-corrected chi connectivity index (χ1v) is 6.44. The lowest BCUT2D eigenvalue weighted by molar-refractivity contribution is -0.110. The lowest BCUT2D eigenvalue weighted by Crippen LogP contribution is -2.10. The lowest BCUT2D eigenvalue weighted by atomic mass is 10.0. The van der Waals surface area contributed by atoms with Crippen LogP contribution in [0.2, 0.25) is 0 Å². The van der Waals surface area contributed by atoms with Gasteiger partial charge in [-0.1, -0.05) is 36.4 Å². The van der Waals surface area contributed by atoms with Gasteiger partial charge in [0, 0.05) is 22.5 Å². The number of hydrogen-bond donors (Lipinski definition) is 3. The van der Waals surface area contributed by atoms with E-state index in [0.29, 0.717) is 11.3 Å². The van der Waals surface area contributed by atoms with Crippen molar-refractivity contribution in [2.75, 3.05) is 10.6 Å². The Kier molecular flexibility index (Phi) is 2.22. The van der Waals surface area contributed by atoms with Crippen LogP contribution in [0.25, 0.3) is 5.57 Å². The number of para-hydroxylation sites is 2. The quantitative estimate of drug-likeness (QED) is 0.641. The summed E-state index contributed by atoms with van der Waals surface area (Å²) in [5.41, 5.74) is 4.32. The number of aliphatic hydroxyl groups excluding tert-OH is 1. The number of carbonyl (C=O) groups excluding carboxylic acids is 1. The van der Waals surface area contributed by atoms with Crippen LogP contribution in [0.15, 0.2) is 54.2 Å². The number of carbonyl (C=O) groups is 1. The van der Waals surface area contributed by atoms with Crippen molar-refractivity contribution in [2.24, 2.45) is 0 Å². The van der Waals surface area contributed by atoms with Crippen LogP contribution in [-0.2, 0) is 4.79 Å². The molecule has 0 aliphatic carbocycles. The number of rotatable bonds is 0. The molecule has 0 radical (unpaired) electrons. The molecule has 4 heteroatoms. The summed E-state index contributed by atoms with van der Waals surface area (Å²) in [5.74, 6) is -0.180. The van der Waals surface area contributed by atoms with Crippen molar-refractivity contribution < 1.29 is 9.90 Å². The number of nitrogens with one attached hydrogen (secondary N) is 2. The van der Waals surface area contributed by atoms with E-state index in [-0.39, 0.29) is 5.91 Å². The monoisotopic (exact) mass is 264 g/mol. The van der Waals surface area contributed by atoms with Gasteiger partial charge in [-0.05, 0) is 12.1 Å². The highest BCUT2D eigenvalue weighted by Crippen LogP contribution is 2.43. The molecule has 0 fully saturated rings. The lowest BCUT2D eigenvalue weighted by Gasteiger charge is -2.08. The van der Waals surface area contributed by atoms with E-state index in [9.17, 15) is 9.90 Å². The second kappa shape index (κ2) is 3.95. The number of aliphatic hydroxyl groups is 1. The second-order valence-corrected chi connectivity index (χ2v) is 4.90. The molecule has 1 unspecified atom stereocenters. The number of anilines is 2. The van der Waals surface area contributed by atoms with Gasteiger partial charge in [0.1, 0.15) is 6.10 Å². The SMILES string of the molecule is O=C1Nc2ccccc2/C1=C1\Nc2ccccc2C1O. The summed E-state index contributed by atoms with van der Waals surface area (Å²) >= 11 is 0. The Morgan fingerprint density at radius 3 is 2.40 bits per heavy atom. The molecule has 2 heterocycles. The molecule has 0 spiro atoms. The molecule has 0 bridgehead atoms. The zero-order chi connectivity index (χ0) is 13.7. The highest BCUT2D eigenvalue weighted by molar-refractivity contribution is 6.32. The fourth-order valence-corrected chi connectivity index (χ4v) is 2.80. The Balaban J connectivity index is 1.92. The Morgan fingerprint density at radius 1 is 0.900 bits per heavy atom. The maximum absolute atomic E-state index is 12.2. The molecule has 1 atom stereocenters. The van der Waals surface area contributed by atoms with Crippen molar-refractivity contribution in [1.29, 1.82) is 0 Å². The Bertz CT molecular complexity index is 765. The highest BCUT2D eigenvalue weighted by Gasteiger charge is 2.34. The summed E-state index contributed by atoms with van der Waals surface area (Å²) in [5, 5.41) is 16.4. The molecule has 20 heavy (non-hydrogen) atoms. The van der Waals surface area contributed by atoms with Crippen molar-refractivity contribution in [3.8, 4) is 0 Å². The van der Waals surface area contributed by atoms with Crippen LogP contribution in [0.5, 0.6) is 0 Å². The van der Waals surface area contributed by atoms with E-state index in [1.54, 1.807) is 0 Å². The second-order valence-electron chi connectivity index (χ2n) is 4.90. The van der Waals surface area contributed by atoms with Crippen LogP contribution in [0, 0.1) is 0 Å². The normalized spacial score (nSPS) is 23.1. The zero-order valence-electron chi connectivity index (χ0n) is 10.6. The van der Waals surface area contributed by atoms with E-state index < -0.39 is 6.10 Å². The first-order valence-electron chi connectivity index (χ1n) is 6.44. The number of fused-ring (bicyclic) bond motifs is 2. The van der Waals surface area contributed by atoms with Crippen LogP contribution in [-0.4, -0.2) is 11.0 Å². The molecule has 98 valence electrons. The Morgan fingerprint density at radius 2 is 1.60 bits per heavy atom. The largest absolute Gasteiger partial charge is 0.382 e. The van der Waals surface area contributed by atoms with Gasteiger partial charge in [0.25, 0.3) is 5.91 Å². The number of amides is 1. The topological polar surface area (TPSA) is 61.4 Å². The van der Waals surface area contributed by atoms with Gasteiger partial charge in [0.15, 0.2) is 0 Å². The van der Waals surface area contributed by atoms with Crippen LogP contribution in [0.1, 0.15) is 17.2 Å².